The van der Waals surface area contributed by atoms with E-state index in [1.807, 2.05) is 20.8 Å². The Morgan fingerprint density at radius 2 is 2.12 bits per heavy atom. The molecule has 0 amide bonds. The Morgan fingerprint density at radius 3 is 2.69 bits per heavy atom. The van der Waals surface area contributed by atoms with Crippen LogP contribution in [0.5, 0.6) is 0 Å². The van der Waals surface area contributed by atoms with Gasteiger partial charge in [-0.25, -0.2) is 0 Å². The van der Waals surface area contributed by atoms with Gasteiger partial charge in [-0.2, -0.15) is 0 Å². The van der Waals surface area contributed by atoms with Gasteiger partial charge in [0.15, 0.2) is 0 Å². The normalized spacial score (nSPS) is 26.5. The summed E-state index contributed by atoms with van der Waals surface area (Å²) in [5.41, 5.74) is -0.401. The predicted molar refractivity (Wildman–Crippen MR) is 62.2 cm³/mol. The minimum Gasteiger partial charge on any atom is -0.460 e. The molecule has 0 aromatic heterocycles. The minimum atomic E-state index is -0.401. The van der Waals surface area contributed by atoms with Gasteiger partial charge in [0.2, 0.25) is 0 Å². The van der Waals surface area contributed by atoms with Crippen LogP contribution in [0.25, 0.3) is 0 Å². The van der Waals surface area contributed by atoms with Crippen molar-refractivity contribution in [1.82, 2.24) is 5.32 Å². The van der Waals surface area contributed by atoms with Crippen molar-refractivity contribution in [1.29, 1.82) is 0 Å². The van der Waals surface area contributed by atoms with Gasteiger partial charge in [-0.15, -0.1) is 0 Å². The lowest BCUT2D eigenvalue weighted by Gasteiger charge is -2.31. The van der Waals surface area contributed by atoms with Crippen LogP contribution < -0.4 is 5.32 Å². The van der Waals surface area contributed by atoms with Gasteiger partial charge in [0.25, 0.3) is 0 Å². The Hall–Kier alpha value is -0.610. The van der Waals surface area contributed by atoms with Crippen molar-refractivity contribution < 1.29 is 14.3 Å². The Labute approximate surface area is 97.7 Å². The molecule has 2 atom stereocenters. The molecule has 0 saturated carbocycles. The highest BCUT2D eigenvalue weighted by atomic mass is 16.6. The number of nitrogens with one attached hydrogen (secondary N) is 1. The first kappa shape index (κ1) is 13.5. The lowest BCUT2D eigenvalue weighted by Crippen LogP contribution is -2.42. The molecule has 1 aliphatic heterocycles. The molecule has 0 aromatic rings. The molecular formula is C12H23NO3. The number of hydrogen-bond acceptors (Lipinski definition) is 4. The van der Waals surface area contributed by atoms with Crippen LogP contribution in [0.1, 0.15) is 33.6 Å². The van der Waals surface area contributed by atoms with E-state index in [1.165, 1.54) is 0 Å². The van der Waals surface area contributed by atoms with Crippen LogP contribution in [0.15, 0.2) is 0 Å². The lowest BCUT2D eigenvalue weighted by atomic mass is 9.93. The topological polar surface area (TPSA) is 47.6 Å². The standard InChI is InChI=1S/C12H23NO3/c1-12(2,3)16-11(14)7-9-8-13-6-5-10(9)15-4/h9-10,13H,5-8H2,1-4H3/t9-,10+/m1/s1. The molecule has 0 aromatic carbocycles. The smallest absolute Gasteiger partial charge is 0.306 e. The molecular weight excluding hydrogens is 206 g/mol. The number of carbonyl (C=O) groups is 1. The second-order valence-electron chi connectivity index (χ2n) is 5.32. The fraction of sp³-hybridized carbons (Fsp3) is 0.917. The van der Waals surface area contributed by atoms with Crippen LogP contribution in [0.3, 0.4) is 0 Å². The summed E-state index contributed by atoms with van der Waals surface area (Å²) in [6, 6.07) is 0. The maximum atomic E-state index is 11.7. The number of esters is 1. The molecule has 0 unspecified atom stereocenters. The minimum absolute atomic E-state index is 0.136. The Bertz CT molecular complexity index is 235. The first-order chi connectivity index (χ1) is 7.42. The van der Waals surface area contributed by atoms with Crippen molar-refractivity contribution in [2.24, 2.45) is 5.92 Å². The summed E-state index contributed by atoms with van der Waals surface area (Å²) in [6.45, 7) is 7.45. The van der Waals surface area contributed by atoms with Crippen LogP contribution in [0.4, 0.5) is 0 Å². The molecule has 16 heavy (non-hydrogen) atoms. The second kappa shape index (κ2) is 5.64. The van der Waals surface area contributed by atoms with Crippen molar-refractivity contribution in [3.63, 3.8) is 0 Å². The van der Waals surface area contributed by atoms with Crippen molar-refractivity contribution in [2.45, 2.75) is 45.3 Å². The van der Waals surface area contributed by atoms with E-state index in [9.17, 15) is 4.79 Å². The maximum Gasteiger partial charge on any atom is 0.306 e. The van der Waals surface area contributed by atoms with Crippen molar-refractivity contribution >= 4 is 5.97 Å². The Balaban J connectivity index is 2.42. The quantitative estimate of drug-likeness (QED) is 0.742. The molecule has 94 valence electrons. The highest BCUT2D eigenvalue weighted by Crippen LogP contribution is 2.20. The fourth-order valence-corrected chi connectivity index (χ4v) is 2.01. The van der Waals surface area contributed by atoms with Crippen molar-refractivity contribution in [3.05, 3.63) is 0 Å². The van der Waals surface area contributed by atoms with Gasteiger partial charge in [-0.3, -0.25) is 4.79 Å². The Kier molecular flexibility index (Phi) is 4.74. The van der Waals surface area contributed by atoms with E-state index in [2.05, 4.69) is 5.32 Å². The number of hydrogen-bond donors (Lipinski definition) is 1. The van der Waals surface area contributed by atoms with Gasteiger partial charge < -0.3 is 14.8 Å². The molecule has 4 nitrogen and oxygen atoms in total. The third-order valence-corrected chi connectivity index (χ3v) is 2.69. The third-order valence-electron chi connectivity index (χ3n) is 2.69. The van der Waals surface area contributed by atoms with E-state index in [-0.39, 0.29) is 18.0 Å². The summed E-state index contributed by atoms with van der Waals surface area (Å²) < 4.78 is 10.7. The van der Waals surface area contributed by atoms with Gasteiger partial charge >= 0.3 is 5.97 Å². The van der Waals surface area contributed by atoms with Crippen LogP contribution >= 0.6 is 0 Å². The molecule has 1 rings (SSSR count). The molecule has 1 N–H and O–H groups in total. The number of carbonyl (C=O) groups excluding carboxylic acids is 1. The molecule has 0 aliphatic carbocycles. The molecule has 1 aliphatic rings. The number of ether oxygens (including phenoxy) is 2. The first-order valence-electron chi connectivity index (χ1n) is 5.88. The summed E-state index contributed by atoms with van der Waals surface area (Å²) in [6.07, 6.45) is 1.57. The van der Waals surface area contributed by atoms with Crippen LogP contribution in [0.2, 0.25) is 0 Å². The predicted octanol–water partition coefficient (Wildman–Crippen LogP) is 1.34. The van der Waals surface area contributed by atoms with Gasteiger partial charge in [-0.05, 0) is 33.7 Å². The monoisotopic (exact) mass is 229 g/mol. The molecule has 0 bridgehead atoms. The largest absolute Gasteiger partial charge is 0.460 e. The highest BCUT2D eigenvalue weighted by molar-refractivity contribution is 5.70. The summed E-state index contributed by atoms with van der Waals surface area (Å²) >= 11 is 0. The van der Waals surface area contributed by atoms with Crippen molar-refractivity contribution in [2.75, 3.05) is 20.2 Å². The highest BCUT2D eigenvalue weighted by Gasteiger charge is 2.28. The Morgan fingerprint density at radius 1 is 1.44 bits per heavy atom. The zero-order valence-electron chi connectivity index (χ0n) is 10.7. The second-order valence-corrected chi connectivity index (χ2v) is 5.32. The lowest BCUT2D eigenvalue weighted by molar-refractivity contribution is -0.157. The summed E-state index contributed by atoms with van der Waals surface area (Å²) in [5.74, 6) is 0.0943. The average Bonchev–Trinajstić information content (AvgIpc) is 2.15. The molecule has 1 heterocycles. The molecule has 4 heteroatoms. The van der Waals surface area contributed by atoms with E-state index in [0.29, 0.717) is 6.42 Å². The van der Waals surface area contributed by atoms with Crippen LogP contribution in [-0.2, 0) is 14.3 Å². The number of rotatable bonds is 3. The van der Waals surface area contributed by atoms with Crippen molar-refractivity contribution in [3.8, 4) is 0 Å². The summed E-state index contributed by atoms with van der Waals surface area (Å²) in [5, 5.41) is 3.28. The third kappa shape index (κ3) is 4.49. The summed E-state index contributed by atoms with van der Waals surface area (Å²) in [4.78, 5) is 11.7. The van der Waals surface area contributed by atoms with Gasteiger partial charge in [-0.1, -0.05) is 0 Å². The van der Waals surface area contributed by atoms with Gasteiger partial charge in [0, 0.05) is 19.6 Å². The van der Waals surface area contributed by atoms with E-state index in [4.69, 9.17) is 9.47 Å². The molecule has 1 saturated heterocycles. The van der Waals surface area contributed by atoms with E-state index in [0.717, 1.165) is 19.5 Å². The van der Waals surface area contributed by atoms with E-state index in [1.54, 1.807) is 7.11 Å². The molecule has 0 spiro atoms. The SMILES string of the molecule is CO[C@H]1CCNC[C@H]1CC(=O)OC(C)(C)C. The van der Waals surface area contributed by atoms with Gasteiger partial charge in [0.1, 0.15) is 5.60 Å². The molecule has 0 radical (unpaired) electrons. The van der Waals surface area contributed by atoms with E-state index >= 15 is 0 Å². The average molecular weight is 229 g/mol. The number of piperidine rings is 1. The van der Waals surface area contributed by atoms with E-state index < -0.39 is 5.60 Å². The summed E-state index contributed by atoms with van der Waals surface area (Å²) in [7, 11) is 1.71. The zero-order valence-corrected chi connectivity index (χ0v) is 10.7. The zero-order chi connectivity index (χ0) is 12.2. The first-order valence-corrected chi connectivity index (χ1v) is 5.88. The number of methoxy groups -OCH3 is 1. The van der Waals surface area contributed by atoms with Gasteiger partial charge in [0.05, 0.1) is 12.5 Å². The van der Waals surface area contributed by atoms with Crippen LogP contribution in [-0.4, -0.2) is 37.9 Å². The molecule has 1 fully saturated rings. The fourth-order valence-electron chi connectivity index (χ4n) is 2.01. The maximum absolute atomic E-state index is 11.7. The van der Waals surface area contributed by atoms with Crippen LogP contribution in [0, 0.1) is 5.92 Å².